The molecule has 0 spiro atoms. The molecule has 0 aromatic heterocycles. The van der Waals surface area contributed by atoms with Crippen molar-refractivity contribution in [2.45, 2.75) is 19.6 Å². The number of carbonyl (C=O) groups is 3. The van der Waals surface area contributed by atoms with Crippen molar-refractivity contribution >= 4 is 18.0 Å². The number of carbonyl (C=O) groups excluding carboxylic acids is 3. The van der Waals surface area contributed by atoms with Crippen molar-refractivity contribution < 1.29 is 28.6 Å². The molecule has 0 radical (unpaired) electrons. The molecule has 7 nitrogen and oxygen atoms in total. The highest BCUT2D eigenvalue weighted by atomic mass is 16.7. The summed E-state index contributed by atoms with van der Waals surface area (Å²) in [5.41, 5.74) is 0.0733. The zero-order valence-corrected chi connectivity index (χ0v) is 12.2. The van der Waals surface area contributed by atoms with Crippen LogP contribution in [0.25, 0.3) is 0 Å². The van der Waals surface area contributed by atoms with Crippen LogP contribution in [0.1, 0.15) is 13.8 Å². The van der Waals surface area contributed by atoms with Gasteiger partial charge in [-0.2, -0.15) is 0 Å². The highest BCUT2D eigenvalue weighted by Gasteiger charge is 2.40. The van der Waals surface area contributed by atoms with E-state index < -0.39 is 23.8 Å². The van der Waals surface area contributed by atoms with E-state index in [0.717, 1.165) is 4.90 Å². The van der Waals surface area contributed by atoms with E-state index in [-0.39, 0.29) is 12.2 Å². The number of allylic oxidation sites excluding steroid dienone is 3. The van der Waals surface area contributed by atoms with Gasteiger partial charge in [0.15, 0.2) is 5.57 Å². The van der Waals surface area contributed by atoms with Crippen LogP contribution in [0.15, 0.2) is 48.4 Å². The molecule has 116 valence electrons. The average molecular weight is 305 g/mol. The summed E-state index contributed by atoms with van der Waals surface area (Å²) in [7, 11) is 0. The molecule has 1 saturated heterocycles. The van der Waals surface area contributed by atoms with Gasteiger partial charge in [0.1, 0.15) is 6.61 Å². The first-order chi connectivity index (χ1) is 10.3. The minimum Gasteiger partial charge on any atom is -0.445 e. The summed E-state index contributed by atoms with van der Waals surface area (Å²) in [4.78, 5) is 36.6. The molecule has 22 heavy (non-hydrogen) atoms. The van der Waals surface area contributed by atoms with Crippen molar-refractivity contribution in [2.24, 2.45) is 0 Å². The minimum absolute atomic E-state index is 0.0820. The molecular weight excluding hydrogens is 290 g/mol. The van der Waals surface area contributed by atoms with Crippen molar-refractivity contribution in [3.63, 3.8) is 0 Å². The maximum Gasteiger partial charge on any atom is 0.418 e. The summed E-state index contributed by atoms with van der Waals surface area (Å²) in [5.74, 6) is -2.83. The lowest BCUT2D eigenvalue weighted by molar-refractivity contribution is -0.222. The van der Waals surface area contributed by atoms with Gasteiger partial charge in [-0.15, -0.1) is 0 Å². The first-order valence-corrected chi connectivity index (χ1v) is 6.47. The largest absolute Gasteiger partial charge is 0.445 e. The molecule has 0 N–H and O–H groups in total. The molecule has 7 heteroatoms. The lowest BCUT2D eigenvalue weighted by Crippen LogP contribution is -2.42. The second-order valence-electron chi connectivity index (χ2n) is 4.91. The fourth-order valence-corrected chi connectivity index (χ4v) is 1.81. The number of nitrogens with zero attached hydrogens (tertiary/aromatic N) is 1. The molecule has 2 heterocycles. The number of ether oxygens (including phenoxy) is 3. The number of hydrogen-bond acceptors (Lipinski definition) is 6. The Bertz CT molecular complexity index is 588. The number of hydrogen-bond donors (Lipinski definition) is 0. The molecule has 0 aromatic rings. The Hall–Kier alpha value is -2.83. The number of rotatable bonds is 2. The van der Waals surface area contributed by atoms with Crippen LogP contribution >= 0.6 is 0 Å². The van der Waals surface area contributed by atoms with Gasteiger partial charge in [0.2, 0.25) is 0 Å². The van der Waals surface area contributed by atoms with Crippen LogP contribution in [-0.4, -0.2) is 35.3 Å². The van der Waals surface area contributed by atoms with E-state index in [1.807, 2.05) is 0 Å². The third-order valence-corrected chi connectivity index (χ3v) is 2.74. The van der Waals surface area contributed by atoms with Gasteiger partial charge in [0.25, 0.3) is 5.79 Å². The summed E-state index contributed by atoms with van der Waals surface area (Å²) in [5, 5.41) is 0. The number of amides is 1. The lowest BCUT2D eigenvalue weighted by atomic mass is 10.1. The van der Waals surface area contributed by atoms with Gasteiger partial charge < -0.3 is 14.2 Å². The Morgan fingerprint density at radius 1 is 1.27 bits per heavy atom. The van der Waals surface area contributed by atoms with Crippen LogP contribution in [0.3, 0.4) is 0 Å². The van der Waals surface area contributed by atoms with Crippen LogP contribution < -0.4 is 0 Å². The van der Waals surface area contributed by atoms with Crippen LogP contribution in [0.2, 0.25) is 0 Å². The zero-order valence-electron chi connectivity index (χ0n) is 12.2. The van der Waals surface area contributed by atoms with Gasteiger partial charge in [-0.3, -0.25) is 4.90 Å². The fraction of sp³-hybridized carbons (Fsp3) is 0.267. The van der Waals surface area contributed by atoms with E-state index in [2.05, 4.69) is 6.58 Å². The smallest absolute Gasteiger partial charge is 0.418 e. The van der Waals surface area contributed by atoms with Crippen LogP contribution in [0.4, 0.5) is 4.79 Å². The summed E-state index contributed by atoms with van der Waals surface area (Å²) < 4.78 is 14.9. The Balaban J connectivity index is 2.17. The molecule has 0 atom stereocenters. The molecule has 0 aliphatic carbocycles. The molecule has 2 rings (SSSR count). The predicted molar refractivity (Wildman–Crippen MR) is 75.0 cm³/mol. The van der Waals surface area contributed by atoms with Gasteiger partial charge in [-0.1, -0.05) is 12.7 Å². The third kappa shape index (κ3) is 3.25. The quantitative estimate of drug-likeness (QED) is 0.335. The summed E-state index contributed by atoms with van der Waals surface area (Å²) in [6.07, 6.45) is 6.42. The van der Waals surface area contributed by atoms with Gasteiger partial charge >= 0.3 is 18.0 Å². The van der Waals surface area contributed by atoms with Crippen molar-refractivity contribution in [2.75, 3.05) is 6.61 Å². The molecular formula is C15H15NO6. The second-order valence-corrected chi connectivity index (χ2v) is 4.91. The maximum atomic E-state index is 11.9. The normalized spacial score (nSPS) is 19.6. The van der Waals surface area contributed by atoms with Crippen LogP contribution in [-0.2, 0) is 23.8 Å². The topological polar surface area (TPSA) is 82.1 Å². The molecule has 2 aliphatic heterocycles. The third-order valence-electron chi connectivity index (χ3n) is 2.74. The summed E-state index contributed by atoms with van der Waals surface area (Å²) in [6, 6.07) is 0. The van der Waals surface area contributed by atoms with Crippen LogP contribution in [0, 0.1) is 0 Å². The SMILES string of the molecule is C=CCOC(=O)N1C=CC(=C2C(=O)OC(C)(C)OC2=O)C=C1. The standard InChI is InChI=1S/C15H15NO6/c1-4-9-20-14(19)16-7-5-10(6-8-16)11-12(17)21-15(2,3)22-13(11)18/h4-8H,1,9H2,2-3H3. The molecule has 0 saturated carbocycles. The highest BCUT2D eigenvalue weighted by molar-refractivity contribution is 6.16. The lowest BCUT2D eigenvalue weighted by Gasteiger charge is -2.30. The Labute approximate surface area is 127 Å². The van der Waals surface area contributed by atoms with E-state index in [0.29, 0.717) is 5.57 Å². The molecule has 0 unspecified atom stereocenters. The number of cyclic esters (lactones) is 2. The van der Waals surface area contributed by atoms with E-state index >= 15 is 0 Å². The predicted octanol–water partition coefficient (Wildman–Crippen LogP) is 1.78. The molecule has 1 amide bonds. The zero-order chi connectivity index (χ0) is 16.3. The molecule has 0 aromatic carbocycles. The van der Waals surface area contributed by atoms with Gasteiger partial charge in [-0.25, -0.2) is 14.4 Å². The molecule has 0 bridgehead atoms. The van der Waals surface area contributed by atoms with E-state index in [1.54, 1.807) is 0 Å². The van der Waals surface area contributed by atoms with E-state index in [1.165, 1.54) is 44.5 Å². The Kier molecular flexibility index (Phi) is 4.16. The van der Waals surface area contributed by atoms with E-state index in [9.17, 15) is 14.4 Å². The number of esters is 2. The van der Waals surface area contributed by atoms with Crippen molar-refractivity contribution in [1.82, 2.24) is 4.90 Å². The van der Waals surface area contributed by atoms with E-state index in [4.69, 9.17) is 14.2 Å². The van der Waals surface area contributed by atoms with Crippen molar-refractivity contribution in [1.29, 1.82) is 0 Å². The summed E-state index contributed by atoms with van der Waals surface area (Å²) >= 11 is 0. The van der Waals surface area contributed by atoms with Crippen LogP contribution in [0.5, 0.6) is 0 Å². The first kappa shape index (κ1) is 15.6. The summed E-state index contributed by atoms with van der Waals surface area (Å²) in [6.45, 7) is 6.45. The Morgan fingerprint density at radius 3 is 2.32 bits per heavy atom. The minimum atomic E-state index is -1.29. The van der Waals surface area contributed by atoms with Gasteiger partial charge in [-0.05, 0) is 17.7 Å². The fourth-order valence-electron chi connectivity index (χ4n) is 1.81. The van der Waals surface area contributed by atoms with Crippen molar-refractivity contribution in [3.05, 3.63) is 48.4 Å². The second kappa shape index (κ2) is 5.88. The Morgan fingerprint density at radius 2 is 1.82 bits per heavy atom. The highest BCUT2D eigenvalue weighted by Crippen LogP contribution is 2.26. The first-order valence-electron chi connectivity index (χ1n) is 6.47. The van der Waals surface area contributed by atoms with Gasteiger partial charge in [0, 0.05) is 26.2 Å². The average Bonchev–Trinajstić information content (AvgIpc) is 2.43. The molecule has 2 aliphatic rings. The molecule has 1 fully saturated rings. The van der Waals surface area contributed by atoms with Crippen molar-refractivity contribution in [3.8, 4) is 0 Å². The monoisotopic (exact) mass is 305 g/mol. The maximum absolute atomic E-state index is 11.9. The van der Waals surface area contributed by atoms with Gasteiger partial charge in [0.05, 0.1) is 0 Å².